The van der Waals surface area contributed by atoms with Gasteiger partial charge in [-0.3, -0.25) is 4.79 Å². The van der Waals surface area contributed by atoms with Crippen molar-refractivity contribution in [1.82, 2.24) is 15.1 Å². The monoisotopic (exact) mass is 388 g/mol. The second-order valence-electron chi connectivity index (χ2n) is 7.13. The molecule has 2 heterocycles. The van der Waals surface area contributed by atoms with Gasteiger partial charge in [-0.2, -0.15) is 5.10 Å². The topological polar surface area (TPSA) is 68.5 Å². The molecule has 1 aliphatic rings. The van der Waals surface area contributed by atoms with E-state index in [0.29, 0.717) is 18.7 Å². The lowest BCUT2D eigenvalue weighted by atomic mass is 10.0. The molecule has 148 valence electrons. The molecule has 2 aromatic carbocycles. The van der Waals surface area contributed by atoms with E-state index in [1.54, 1.807) is 0 Å². The average molecular weight is 388 g/mol. The van der Waals surface area contributed by atoms with E-state index in [1.807, 2.05) is 72.3 Å². The number of aryl methyl sites for hydroxylation is 2. The van der Waals surface area contributed by atoms with E-state index in [9.17, 15) is 4.79 Å². The highest BCUT2D eigenvalue weighted by Crippen LogP contribution is 2.26. The maximum absolute atomic E-state index is 12.4. The zero-order valence-electron chi connectivity index (χ0n) is 16.4. The van der Waals surface area contributed by atoms with Crippen LogP contribution in [-0.4, -0.2) is 27.9 Å². The highest BCUT2D eigenvalue weighted by molar-refractivity contribution is 6.39. The number of hydrogen-bond acceptors (Lipinski definition) is 4. The van der Waals surface area contributed by atoms with Crippen molar-refractivity contribution in [2.24, 2.45) is 5.16 Å². The van der Waals surface area contributed by atoms with Gasteiger partial charge in [0, 0.05) is 19.2 Å². The summed E-state index contributed by atoms with van der Waals surface area (Å²) in [5.74, 6) is -0.153. The second-order valence-corrected chi connectivity index (χ2v) is 7.13. The van der Waals surface area contributed by atoms with E-state index < -0.39 is 0 Å². The van der Waals surface area contributed by atoms with Crippen LogP contribution in [0.2, 0.25) is 0 Å². The third-order valence-electron chi connectivity index (χ3n) is 5.03. The molecule has 0 radical (unpaired) electrons. The molecular formula is C23H24N4O2. The van der Waals surface area contributed by atoms with E-state index in [-0.39, 0.29) is 12.0 Å². The van der Waals surface area contributed by atoms with Crippen molar-refractivity contribution >= 4 is 11.6 Å². The number of rotatable bonds is 7. The van der Waals surface area contributed by atoms with Gasteiger partial charge in [-0.05, 0) is 43.0 Å². The van der Waals surface area contributed by atoms with Gasteiger partial charge >= 0.3 is 0 Å². The van der Waals surface area contributed by atoms with Crippen molar-refractivity contribution < 1.29 is 9.63 Å². The Kier molecular flexibility index (Phi) is 5.70. The maximum Gasteiger partial charge on any atom is 0.269 e. The number of oxime groups is 1. The summed E-state index contributed by atoms with van der Waals surface area (Å²) in [4.78, 5) is 17.8. The number of aromatic nitrogens is 2. The Balaban J connectivity index is 1.24. The Bertz CT molecular complexity index is 996. The van der Waals surface area contributed by atoms with Gasteiger partial charge in [0.1, 0.15) is 5.71 Å². The molecule has 1 N–H and O–H groups in total. The molecule has 4 rings (SSSR count). The van der Waals surface area contributed by atoms with Crippen LogP contribution >= 0.6 is 0 Å². The molecule has 6 nitrogen and oxygen atoms in total. The minimum absolute atomic E-state index is 0.153. The van der Waals surface area contributed by atoms with Crippen LogP contribution in [0.15, 0.2) is 72.0 Å². The molecule has 1 unspecified atom stereocenters. The van der Waals surface area contributed by atoms with Gasteiger partial charge in [-0.15, -0.1) is 0 Å². The summed E-state index contributed by atoms with van der Waals surface area (Å²) in [6, 6.07) is 19.9. The predicted molar refractivity (Wildman–Crippen MR) is 112 cm³/mol. The zero-order valence-corrected chi connectivity index (χ0v) is 16.4. The van der Waals surface area contributed by atoms with Crippen molar-refractivity contribution in [2.75, 3.05) is 6.54 Å². The van der Waals surface area contributed by atoms with Gasteiger partial charge in [0.25, 0.3) is 5.91 Å². The van der Waals surface area contributed by atoms with Crippen LogP contribution < -0.4 is 5.32 Å². The second kappa shape index (κ2) is 8.73. The minimum Gasteiger partial charge on any atom is -0.387 e. The lowest BCUT2D eigenvalue weighted by Crippen LogP contribution is -2.31. The Labute approximate surface area is 170 Å². The average Bonchev–Trinajstić information content (AvgIpc) is 3.40. The number of carbonyl (C=O) groups is 1. The summed E-state index contributed by atoms with van der Waals surface area (Å²) in [6.07, 6.45) is 4.08. The molecule has 0 saturated carbocycles. The largest absolute Gasteiger partial charge is 0.387 e. The van der Waals surface area contributed by atoms with Crippen LogP contribution in [0.1, 0.15) is 35.8 Å². The van der Waals surface area contributed by atoms with Gasteiger partial charge in [0.15, 0.2) is 6.10 Å². The molecule has 0 aliphatic carbocycles. The fourth-order valence-electron chi connectivity index (χ4n) is 3.39. The summed E-state index contributed by atoms with van der Waals surface area (Å²) in [7, 11) is 0. The summed E-state index contributed by atoms with van der Waals surface area (Å²) in [6.45, 7) is 2.60. The van der Waals surface area contributed by atoms with Gasteiger partial charge in [-0.1, -0.05) is 53.7 Å². The lowest BCUT2D eigenvalue weighted by Gasteiger charge is -2.07. The highest BCUT2D eigenvalue weighted by atomic mass is 16.6. The highest BCUT2D eigenvalue weighted by Gasteiger charge is 2.26. The number of amides is 1. The van der Waals surface area contributed by atoms with Gasteiger partial charge in [0.05, 0.1) is 11.4 Å². The number of nitrogens with zero attached hydrogens (tertiary/aromatic N) is 3. The summed E-state index contributed by atoms with van der Waals surface area (Å²) in [5, 5.41) is 11.5. The Morgan fingerprint density at radius 1 is 1.14 bits per heavy atom. The van der Waals surface area contributed by atoms with Crippen LogP contribution in [0.4, 0.5) is 0 Å². The van der Waals surface area contributed by atoms with Gasteiger partial charge < -0.3 is 10.2 Å². The number of hydrogen-bond donors (Lipinski definition) is 1. The molecule has 1 atom stereocenters. The molecule has 1 aromatic heterocycles. The molecule has 0 spiro atoms. The van der Waals surface area contributed by atoms with E-state index in [2.05, 4.69) is 21.8 Å². The fraction of sp³-hybridized carbons (Fsp3) is 0.261. The van der Waals surface area contributed by atoms with Crippen LogP contribution in [0.25, 0.3) is 5.69 Å². The van der Waals surface area contributed by atoms with Crippen molar-refractivity contribution in [3.05, 3.63) is 83.7 Å². The Morgan fingerprint density at radius 2 is 1.86 bits per heavy atom. The molecule has 3 aromatic rings. The van der Waals surface area contributed by atoms with Crippen LogP contribution in [0.5, 0.6) is 0 Å². The fourth-order valence-corrected chi connectivity index (χ4v) is 3.39. The number of nitrogens with one attached hydrogen (secondary N) is 1. The zero-order chi connectivity index (χ0) is 20.1. The molecule has 0 saturated heterocycles. The standard InChI is InChI=1S/C23H24N4O2/c1-17-19(16-27(25-17)20-12-6-3-7-13-20)11-8-14-24-23(28)21-15-22(29-26-21)18-9-4-2-5-10-18/h2-7,9-10,12-13,16,22H,8,11,14-15H2,1H3,(H,24,28). The summed E-state index contributed by atoms with van der Waals surface area (Å²) in [5.41, 5.74) is 4.73. The molecular weight excluding hydrogens is 364 g/mol. The van der Waals surface area contributed by atoms with E-state index in [4.69, 9.17) is 4.84 Å². The Hall–Kier alpha value is -3.41. The molecule has 29 heavy (non-hydrogen) atoms. The smallest absolute Gasteiger partial charge is 0.269 e. The first-order valence-electron chi connectivity index (χ1n) is 9.87. The first-order valence-corrected chi connectivity index (χ1v) is 9.87. The molecule has 1 amide bonds. The number of benzene rings is 2. The molecule has 1 aliphatic heterocycles. The van der Waals surface area contributed by atoms with Crippen molar-refractivity contribution in [3.8, 4) is 5.69 Å². The third kappa shape index (κ3) is 4.54. The normalized spacial score (nSPS) is 15.6. The van der Waals surface area contributed by atoms with Crippen LogP contribution in [-0.2, 0) is 16.1 Å². The maximum atomic E-state index is 12.4. The SMILES string of the molecule is Cc1nn(-c2ccccc2)cc1CCCNC(=O)C1=NOC(c2ccccc2)C1. The predicted octanol–water partition coefficient (Wildman–Crippen LogP) is 3.75. The molecule has 0 bridgehead atoms. The summed E-state index contributed by atoms with van der Waals surface area (Å²) < 4.78 is 1.90. The quantitative estimate of drug-likeness (QED) is 0.627. The van der Waals surface area contributed by atoms with Gasteiger partial charge in [0.2, 0.25) is 0 Å². The first kappa shape index (κ1) is 18.9. The van der Waals surface area contributed by atoms with Gasteiger partial charge in [-0.25, -0.2) is 4.68 Å². The first-order chi connectivity index (χ1) is 14.2. The van der Waals surface area contributed by atoms with Crippen LogP contribution in [0.3, 0.4) is 0 Å². The van der Waals surface area contributed by atoms with E-state index in [0.717, 1.165) is 29.8 Å². The van der Waals surface area contributed by atoms with E-state index >= 15 is 0 Å². The van der Waals surface area contributed by atoms with Crippen molar-refractivity contribution in [3.63, 3.8) is 0 Å². The lowest BCUT2D eigenvalue weighted by molar-refractivity contribution is -0.114. The summed E-state index contributed by atoms with van der Waals surface area (Å²) >= 11 is 0. The Morgan fingerprint density at radius 3 is 2.62 bits per heavy atom. The molecule has 6 heteroatoms. The number of carbonyl (C=O) groups excluding carboxylic acids is 1. The number of para-hydroxylation sites is 1. The molecule has 0 fully saturated rings. The van der Waals surface area contributed by atoms with Crippen molar-refractivity contribution in [1.29, 1.82) is 0 Å². The van der Waals surface area contributed by atoms with E-state index in [1.165, 1.54) is 5.56 Å². The minimum atomic E-state index is -0.177. The van der Waals surface area contributed by atoms with Crippen molar-refractivity contribution in [2.45, 2.75) is 32.3 Å². The van der Waals surface area contributed by atoms with Crippen LogP contribution in [0, 0.1) is 6.92 Å². The third-order valence-corrected chi connectivity index (χ3v) is 5.03.